The molecule has 21 heavy (non-hydrogen) atoms. The Morgan fingerprint density at radius 1 is 1.38 bits per heavy atom. The van der Waals surface area contributed by atoms with Crippen molar-refractivity contribution in [2.45, 2.75) is 6.92 Å². The van der Waals surface area contributed by atoms with Gasteiger partial charge in [-0.15, -0.1) is 5.10 Å². The number of aryl methyl sites for hydroxylation is 2. The first-order valence-electron chi connectivity index (χ1n) is 6.24. The van der Waals surface area contributed by atoms with E-state index in [-0.39, 0.29) is 17.7 Å². The quantitative estimate of drug-likeness (QED) is 0.883. The molecule has 0 spiro atoms. The van der Waals surface area contributed by atoms with E-state index in [4.69, 9.17) is 13.9 Å². The molecule has 3 rings (SSSR count). The summed E-state index contributed by atoms with van der Waals surface area (Å²) in [4.78, 5) is 11.9. The molecule has 0 fully saturated rings. The van der Waals surface area contributed by atoms with Crippen LogP contribution in [0.3, 0.4) is 0 Å². The van der Waals surface area contributed by atoms with Gasteiger partial charge in [0.2, 0.25) is 5.76 Å². The fourth-order valence-corrected chi connectivity index (χ4v) is 1.83. The van der Waals surface area contributed by atoms with Gasteiger partial charge in [-0.3, -0.25) is 14.8 Å². The Balaban J connectivity index is 1.75. The molecule has 0 radical (unpaired) electrons. The largest absolute Gasteiger partial charge is 0.494 e. The second kappa shape index (κ2) is 5.27. The van der Waals surface area contributed by atoms with E-state index in [0.717, 1.165) is 5.69 Å². The van der Waals surface area contributed by atoms with Gasteiger partial charge in [0.15, 0.2) is 0 Å². The molecule has 1 amide bonds. The number of hydrogen-bond donors (Lipinski definition) is 1. The Morgan fingerprint density at radius 2 is 2.24 bits per heavy atom. The van der Waals surface area contributed by atoms with Crippen LogP contribution in [0.1, 0.15) is 5.69 Å². The van der Waals surface area contributed by atoms with Crippen molar-refractivity contribution in [1.29, 1.82) is 0 Å². The lowest BCUT2D eigenvalue weighted by molar-refractivity contribution is -0.117. The van der Waals surface area contributed by atoms with Crippen LogP contribution in [0.4, 0.5) is 6.01 Å². The standard InChI is InChI=1S/C12H13N5O4/c1-7-5-8(17(2)16-7)11-14-15-12(21-11)13-10(18)9-6-19-3-4-20-9/h5-6H,3-4H2,1-2H3,(H,13,15,18). The van der Waals surface area contributed by atoms with Crippen molar-refractivity contribution in [1.82, 2.24) is 20.0 Å². The number of hydrogen-bond acceptors (Lipinski definition) is 7. The summed E-state index contributed by atoms with van der Waals surface area (Å²) < 4.78 is 17.2. The van der Waals surface area contributed by atoms with E-state index >= 15 is 0 Å². The van der Waals surface area contributed by atoms with Crippen LogP contribution in [-0.2, 0) is 21.3 Å². The fraction of sp³-hybridized carbons (Fsp3) is 0.333. The average molecular weight is 291 g/mol. The molecule has 0 aromatic carbocycles. The summed E-state index contributed by atoms with van der Waals surface area (Å²) in [6, 6.07) is 1.78. The molecule has 0 atom stereocenters. The Bertz CT molecular complexity index is 702. The molecule has 0 saturated heterocycles. The Morgan fingerprint density at radius 3 is 2.90 bits per heavy atom. The van der Waals surface area contributed by atoms with Crippen LogP contribution in [0.15, 0.2) is 22.5 Å². The molecule has 9 heteroatoms. The number of amides is 1. The molecule has 3 heterocycles. The first kappa shape index (κ1) is 13.2. The molecule has 9 nitrogen and oxygen atoms in total. The van der Waals surface area contributed by atoms with Crippen LogP contribution in [0.2, 0.25) is 0 Å². The molecule has 0 unspecified atom stereocenters. The smallest absolute Gasteiger partial charge is 0.322 e. The summed E-state index contributed by atoms with van der Waals surface area (Å²) in [6.07, 6.45) is 1.25. The van der Waals surface area contributed by atoms with Crippen molar-refractivity contribution in [3.05, 3.63) is 23.8 Å². The predicted molar refractivity (Wildman–Crippen MR) is 69.9 cm³/mol. The molecule has 110 valence electrons. The third-order valence-corrected chi connectivity index (χ3v) is 2.74. The summed E-state index contributed by atoms with van der Waals surface area (Å²) in [5, 5.41) is 14.3. The molecule has 1 aliphatic rings. The number of carbonyl (C=O) groups excluding carboxylic acids is 1. The molecular weight excluding hydrogens is 278 g/mol. The SMILES string of the molecule is Cc1cc(-c2nnc(NC(=O)C3=COCCO3)o2)n(C)n1. The molecule has 1 aliphatic heterocycles. The average Bonchev–Trinajstić information content (AvgIpc) is 3.06. The maximum atomic E-state index is 11.9. The second-order valence-electron chi connectivity index (χ2n) is 4.36. The van der Waals surface area contributed by atoms with Gasteiger partial charge in [-0.1, -0.05) is 5.10 Å². The van der Waals surface area contributed by atoms with Crippen molar-refractivity contribution >= 4 is 11.9 Å². The van der Waals surface area contributed by atoms with Gasteiger partial charge in [0.1, 0.15) is 25.2 Å². The van der Waals surface area contributed by atoms with Gasteiger partial charge in [-0.2, -0.15) is 5.10 Å². The lowest BCUT2D eigenvalue weighted by Gasteiger charge is -2.13. The highest BCUT2D eigenvalue weighted by molar-refractivity contribution is 6.00. The third kappa shape index (κ3) is 2.71. The molecule has 0 aliphatic carbocycles. The first-order valence-corrected chi connectivity index (χ1v) is 6.24. The number of aromatic nitrogens is 4. The lowest BCUT2D eigenvalue weighted by Crippen LogP contribution is -2.21. The van der Waals surface area contributed by atoms with Crippen molar-refractivity contribution in [2.24, 2.45) is 7.05 Å². The van der Waals surface area contributed by atoms with Gasteiger partial charge in [0.25, 0.3) is 11.8 Å². The Hall–Kier alpha value is -2.84. The molecule has 2 aromatic rings. The zero-order chi connectivity index (χ0) is 14.8. The van der Waals surface area contributed by atoms with Gasteiger partial charge >= 0.3 is 6.01 Å². The number of carbonyl (C=O) groups is 1. The Labute approximate surface area is 119 Å². The second-order valence-corrected chi connectivity index (χ2v) is 4.36. The molecule has 2 aromatic heterocycles. The number of nitrogens with zero attached hydrogens (tertiary/aromatic N) is 4. The first-order chi connectivity index (χ1) is 10.1. The van der Waals surface area contributed by atoms with E-state index in [1.807, 2.05) is 6.92 Å². The maximum absolute atomic E-state index is 11.9. The summed E-state index contributed by atoms with van der Waals surface area (Å²) in [5.74, 6) is -0.174. The monoisotopic (exact) mass is 291 g/mol. The number of nitrogens with one attached hydrogen (secondary N) is 1. The number of ether oxygens (including phenoxy) is 2. The van der Waals surface area contributed by atoms with Crippen LogP contribution >= 0.6 is 0 Å². The molecule has 0 bridgehead atoms. The zero-order valence-electron chi connectivity index (χ0n) is 11.5. The predicted octanol–water partition coefficient (Wildman–Crippen LogP) is 0.605. The van der Waals surface area contributed by atoms with Gasteiger partial charge in [0.05, 0.1) is 5.69 Å². The normalized spacial score (nSPS) is 14.1. The van der Waals surface area contributed by atoms with Crippen LogP contribution in [0.5, 0.6) is 0 Å². The molecule has 0 saturated carbocycles. The van der Waals surface area contributed by atoms with Gasteiger partial charge in [-0.25, -0.2) is 0 Å². The number of anilines is 1. The topological polar surface area (TPSA) is 104 Å². The van der Waals surface area contributed by atoms with Gasteiger partial charge in [0, 0.05) is 7.05 Å². The minimum atomic E-state index is -0.508. The number of rotatable bonds is 3. The van der Waals surface area contributed by atoms with E-state index in [1.54, 1.807) is 17.8 Å². The van der Waals surface area contributed by atoms with E-state index in [0.29, 0.717) is 18.9 Å². The maximum Gasteiger partial charge on any atom is 0.322 e. The minimum absolute atomic E-state index is 0.0241. The minimum Gasteiger partial charge on any atom is -0.494 e. The Kier molecular flexibility index (Phi) is 3.30. The van der Waals surface area contributed by atoms with E-state index < -0.39 is 5.91 Å². The highest BCUT2D eigenvalue weighted by Crippen LogP contribution is 2.20. The highest BCUT2D eigenvalue weighted by Gasteiger charge is 2.19. The van der Waals surface area contributed by atoms with E-state index in [2.05, 4.69) is 20.6 Å². The highest BCUT2D eigenvalue weighted by atomic mass is 16.6. The van der Waals surface area contributed by atoms with Crippen molar-refractivity contribution in [3.8, 4) is 11.6 Å². The summed E-state index contributed by atoms with van der Waals surface area (Å²) in [6.45, 7) is 2.60. The van der Waals surface area contributed by atoms with Crippen LogP contribution < -0.4 is 5.32 Å². The van der Waals surface area contributed by atoms with E-state index in [1.165, 1.54) is 6.26 Å². The lowest BCUT2D eigenvalue weighted by atomic mass is 10.4. The fourth-order valence-electron chi connectivity index (χ4n) is 1.83. The van der Waals surface area contributed by atoms with Crippen LogP contribution in [0.25, 0.3) is 11.6 Å². The van der Waals surface area contributed by atoms with Crippen molar-refractivity contribution in [3.63, 3.8) is 0 Å². The van der Waals surface area contributed by atoms with E-state index in [9.17, 15) is 4.79 Å². The molecule has 1 N–H and O–H groups in total. The third-order valence-electron chi connectivity index (χ3n) is 2.74. The molecular formula is C12H13N5O4. The zero-order valence-corrected chi connectivity index (χ0v) is 11.5. The summed E-state index contributed by atoms with van der Waals surface area (Å²) >= 11 is 0. The summed E-state index contributed by atoms with van der Waals surface area (Å²) in [5.41, 5.74) is 1.49. The van der Waals surface area contributed by atoms with Crippen LogP contribution in [0, 0.1) is 6.92 Å². The van der Waals surface area contributed by atoms with Gasteiger partial charge in [-0.05, 0) is 13.0 Å². The van der Waals surface area contributed by atoms with Crippen molar-refractivity contribution < 1.29 is 18.7 Å². The van der Waals surface area contributed by atoms with Crippen molar-refractivity contribution in [2.75, 3.05) is 18.5 Å². The van der Waals surface area contributed by atoms with Crippen LogP contribution in [-0.4, -0.2) is 39.1 Å². The summed E-state index contributed by atoms with van der Waals surface area (Å²) in [7, 11) is 1.77. The van der Waals surface area contributed by atoms with Gasteiger partial charge < -0.3 is 13.9 Å².